The molecule has 0 unspecified atom stereocenters. The van der Waals surface area contributed by atoms with E-state index in [9.17, 15) is 0 Å². The smallest absolute Gasteiger partial charge is 0.0490 e. The SMILES string of the molecule is c1ccc([C@H]2C[C@H]2c2ccn[nH]2)cc1. The minimum atomic E-state index is 0.667. The zero-order valence-corrected chi connectivity index (χ0v) is 7.85. The summed E-state index contributed by atoms with van der Waals surface area (Å²) in [6.45, 7) is 0. The molecule has 1 saturated carbocycles. The Hall–Kier alpha value is -1.57. The number of benzene rings is 1. The maximum Gasteiger partial charge on any atom is 0.0490 e. The van der Waals surface area contributed by atoms with Crippen LogP contribution in [-0.2, 0) is 0 Å². The summed E-state index contributed by atoms with van der Waals surface area (Å²) in [5.41, 5.74) is 2.73. The van der Waals surface area contributed by atoms with Crippen molar-refractivity contribution in [3.05, 3.63) is 53.9 Å². The summed E-state index contributed by atoms with van der Waals surface area (Å²) in [6.07, 6.45) is 3.09. The summed E-state index contributed by atoms with van der Waals surface area (Å²) in [5, 5.41) is 7.04. The van der Waals surface area contributed by atoms with Gasteiger partial charge in [-0.1, -0.05) is 30.3 Å². The predicted octanol–water partition coefficient (Wildman–Crippen LogP) is 2.68. The van der Waals surface area contributed by atoms with Crippen molar-refractivity contribution in [3.8, 4) is 0 Å². The first-order chi connectivity index (χ1) is 6.95. The van der Waals surface area contributed by atoms with Crippen molar-refractivity contribution in [2.45, 2.75) is 18.3 Å². The molecule has 1 heterocycles. The highest BCUT2D eigenvalue weighted by molar-refractivity contribution is 5.32. The van der Waals surface area contributed by atoms with Crippen molar-refractivity contribution in [1.82, 2.24) is 10.2 Å². The molecular weight excluding hydrogens is 172 g/mol. The largest absolute Gasteiger partial charge is 0.282 e. The Kier molecular flexibility index (Phi) is 1.66. The van der Waals surface area contributed by atoms with Crippen LogP contribution in [-0.4, -0.2) is 10.2 Å². The summed E-state index contributed by atoms with van der Waals surface area (Å²) in [4.78, 5) is 0. The van der Waals surface area contributed by atoms with Gasteiger partial charge < -0.3 is 0 Å². The van der Waals surface area contributed by atoms with Crippen LogP contribution >= 0.6 is 0 Å². The third kappa shape index (κ3) is 1.23. The van der Waals surface area contributed by atoms with Gasteiger partial charge in [0.15, 0.2) is 0 Å². The van der Waals surface area contributed by atoms with Crippen molar-refractivity contribution >= 4 is 0 Å². The highest BCUT2D eigenvalue weighted by Crippen LogP contribution is 2.53. The van der Waals surface area contributed by atoms with Crippen LogP contribution in [0, 0.1) is 0 Å². The Balaban J connectivity index is 1.81. The van der Waals surface area contributed by atoms with Crippen LogP contribution in [0.3, 0.4) is 0 Å². The first-order valence-electron chi connectivity index (χ1n) is 4.99. The zero-order valence-electron chi connectivity index (χ0n) is 7.85. The topological polar surface area (TPSA) is 28.7 Å². The molecule has 0 aliphatic heterocycles. The van der Waals surface area contributed by atoms with Gasteiger partial charge in [0.1, 0.15) is 0 Å². The third-order valence-corrected chi connectivity index (χ3v) is 2.94. The lowest BCUT2D eigenvalue weighted by Crippen LogP contribution is -1.84. The molecule has 0 radical (unpaired) electrons. The van der Waals surface area contributed by atoms with E-state index in [1.165, 1.54) is 17.7 Å². The van der Waals surface area contributed by atoms with E-state index in [-0.39, 0.29) is 0 Å². The minimum absolute atomic E-state index is 0.667. The third-order valence-electron chi connectivity index (χ3n) is 2.94. The molecule has 0 saturated heterocycles. The first kappa shape index (κ1) is 7.80. The lowest BCUT2D eigenvalue weighted by Gasteiger charge is -1.97. The monoisotopic (exact) mass is 184 g/mol. The van der Waals surface area contributed by atoms with Crippen LogP contribution in [0.4, 0.5) is 0 Å². The highest BCUT2D eigenvalue weighted by atomic mass is 15.1. The van der Waals surface area contributed by atoms with Gasteiger partial charge in [0.2, 0.25) is 0 Å². The van der Waals surface area contributed by atoms with Gasteiger partial charge in [0, 0.05) is 17.8 Å². The van der Waals surface area contributed by atoms with Crippen LogP contribution in [0.15, 0.2) is 42.6 Å². The molecule has 0 spiro atoms. The van der Waals surface area contributed by atoms with E-state index in [0.29, 0.717) is 11.8 Å². The number of nitrogens with one attached hydrogen (secondary N) is 1. The van der Waals surface area contributed by atoms with E-state index in [4.69, 9.17) is 0 Å². The van der Waals surface area contributed by atoms with Gasteiger partial charge in [0.05, 0.1) is 0 Å². The second-order valence-corrected chi connectivity index (χ2v) is 3.87. The van der Waals surface area contributed by atoms with E-state index >= 15 is 0 Å². The average Bonchev–Trinajstić information content (AvgIpc) is 2.87. The number of hydrogen-bond acceptors (Lipinski definition) is 1. The molecule has 2 nitrogen and oxygen atoms in total. The molecule has 1 aromatic heterocycles. The van der Waals surface area contributed by atoms with E-state index in [1.54, 1.807) is 0 Å². The molecule has 1 aliphatic carbocycles. The number of rotatable bonds is 2. The summed E-state index contributed by atoms with van der Waals surface area (Å²) >= 11 is 0. The fraction of sp³-hybridized carbons (Fsp3) is 0.250. The van der Waals surface area contributed by atoms with Crippen molar-refractivity contribution < 1.29 is 0 Å². The normalized spacial score (nSPS) is 24.9. The van der Waals surface area contributed by atoms with Crippen LogP contribution in [0.25, 0.3) is 0 Å². The zero-order chi connectivity index (χ0) is 9.38. The molecule has 14 heavy (non-hydrogen) atoms. The molecule has 2 heteroatoms. The number of aromatic nitrogens is 2. The highest BCUT2D eigenvalue weighted by Gasteiger charge is 2.40. The molecule has 0 bridgehead atoms. The lowest BCUT2D eigenvalue weighted by molar-refractivity contribution is 0.932. The molecule has 3 rings (SSSR count). The Morgan fingerprint density at radius 3 is 2.64 bits per heavy atom. The van der Waals surface area contributed by atoms with Gasteiger partial charge in [0.25, 0.3) is 0 Å². The van der Waals surface area contributed by atoms with E-state index in [2.05, 4.69) is 46.6 Å². The Labute approximate surface area is 83.0 Å². The van der Waals surface area contributed by atoms with E-state index in [0.717, 1.165) is 0 Å². The van der Waals surface area contributed by atoms with Crippen molar-refractivity contribution in [2.24, 2.45) is 0 Å². The van der Waals surface area contributed by atoms with Gasteiger partial charge in [-0.15, -0.1) is 0 Å². The fourth-order valence-corrected chi connectivity index (χ4v) is 2.08. The average molecular weight is 184 g/mol. The van der Waals surface area contributed by atoms with Crippen LogP contribution in [0.1, 0.15) is 29.5 Å². The van der Waals surface area contributed by atoms with Crippen LogP contribution in [0.2, 0.25) is 0 Å². The maximum atomic E-state index is 3.99. The number of aromatic amines is 1. The molecular formula is C12H12N2. The molecule has 2 atom stereocenters. The van der Waals surface area contributed by atoms with Crippen molar-refractivity contribution in [2.75, 3.05) is 0 Å². The summed E-state index contributed by atoms with van der Waals surface area (Å²) < 4.78 is 0. The fourth-order valence-electron chi connectivity index (χ4n) is 2.08. The van der Waals surface area contributed by atoms with Gasteiger partial charge >= 0.3 is 0 Å². The molecule has 0 amide bonds. The van der Waals surface area contributed by atoms with Gasteiger partial charge in [-0.25, -0.2) is 0 Å². The molecule has 70 valence electrons. The number of H-pyrrole nitrogens is 1. The molecule has 1 aliphatic rings. The molecule has 1 N–H and O–H groups in total. The second-order valence-electron chi connectivity index (χ2n) is 3.87. The van der Waals surface area contributed by atoms with Gasteiger partial charge in [-0.3, -0.25) is 5.10 Å². The molecule has 2 aromatic rings. The van der Waals surface area contributed by atoms with Gasteiger partial charge in [-0.05, 0) is 24.0 Å². The summed E-state index contributed by atoms with van der Waals surface area (Å²) in [7, 11) is 0. The Morgan fingerprint density at radius 2 is 1.93 bits per heavy atom. The second kappa shape index (κ2) is 2.98. The van der Waals surface area contributed by atoms with Crippen LogP contribution < -0.4 is 0 Å². The van der Waals surface area contributed by atoms with E-state index < -0.39 is 0 Å². The van der Waals surface area contributed by atoms with Crippen LogP contribution in [0.5, 0.6) is 0 Å². The summed E-state index contributed by atoms with van der Waals surface area (Å²) in [5.74, 6) is 1.37. The Bertz CT molecular complexity index is 405. The summed E-state index contributed by atoms with van der Waals surface area (Å²) in [6, 6.07) is 12.8. The maximum absolute atomic E-state index is 3.99. The van der Waals surface area contributed by atoms with Crippen molar-refractivity contribution in [1.29, 1.82) is 0 Å². The molecule has 1 aromatic carbocycles. The lowest BCUT2D eigenvalue weighted by atomic mass is 10.1. The predicted molar refractivity (Wildman–Crippen MR) is 55.1 cm³/mol. The number of nitrogens with zero attached hydrogens (tertiary/aromatic N) is 1. The quantitative estimate of drug-likeness (QED) is 0.763. The molecule has 1 fully saturated rings. The standard InChI is InChI=1S/C12H12N2/c1-2-4-9(5-3-1)10-8-11(10)12-6-7-13-14-12/h1-7,10-11H,8H2,(H,13,14)/t10-,11-/m1/s1. The minimum Gasteiger partial charge on any atom is -0.282 e. The van der Waals surface area contributed by atoms with Crippen molar-refractivity contribution in [3.63, 3.8) is 0 Å². The van der Waals surface area contributed by atoms with E-state index in [1.807, 2.05) is 6.20 Å². The first-order valence-corrected chi connectivity index (χ1v) is 4.99. The Morgan fingerprint density at radius 1 is 1.07 bits per heavy atom. The van der Waals surface area contributed by atoms with Gasteiger partial charge in [-0.2, -0.15) is 5.10 Å². The number of hydrogen-bond donors (Lipinski definition) is 1.